The summed E-state index contributed by atoms with van der Waals surface area (Å²) in [6.45, 7) is 0.638. The molecular weight excluding hydrogens is 311 g/mol. The van der Waals surface area contributed by atoms with Gasteiger partial charge in [-0.3, -0.25) is 0 Å². The summed E-state index contributed by atoms with van der Waals surface area (Å²) in [7, 11) is 3.73. The fourth-order valence-electron chi connectivity index (χ4n) is 1.74. The quantitative estimate of drug-likeness (QED) is 0.938. The van der Waals surface area contributed by atoms with Gasteiger partial charge in [-0.15, -0.1) is 0 Å². The topological polar surface area (TPSA) is 41.1 Å². The van der Waals surface area contributed by atoms with Crippen molar-refractivity contribution in [3.8, 4) is 0 Å². The van der Waals surface area contributed by atoms with Crippen LogP contribution in [0, 0.1) is 5.82 Å². The SMILES string of the molecule is CNc1ncnc(N(C)Cc2ccc(F)cc2)c1Br. The lowest BCUT2D eigenvalue weighted by atomic mass is 10.2. The van der Waals surface area contributed by atoms with E-state index in [1.165, 1.54) is 18.5 Å². The molecule has 0 aliphatic rings. The van der Waals surface area contributed by atoms with Gasteiger partial charge in [0.1, 0.15) is 28.3 Å². The number of hydrogen-bond donors (Lipinski definition) is 1. The Morgan fingerprint density at radius 2 is 1.95 bits per heavy atom. The second kappa shape index (κ2) is 5.97. The second-order valence-corrected chi connectivity index (χ2v) is 4.89. The van der Waals surface area contributed by atoms with Crippen LogP contribution >= 0.6 is 15.9 Å². The number of anilines is 2. The van der Waals surface area contributed by atoms with E-state index in [0.29, 0.717) is 6.54 Å². The Kier molecular flexibility index (Phi) is 4.31. The molecule has 4 nitrogen and oxygen atoms in total. The van der Waals surface area contributed by atoms with Gasteiger partial charge in [0.25, 0.3) is 0 Å². The van der Waals surface area contributed by atoms with Crippen LogP contribution in [-0.2, 0) is 6.54 Å². The summed E-state index contributed by atoms with van der Waals surface area (Å²) in [6, 6.07) is 6.44. The predicted molar refractivity (Wildman–Crippen MR) is 77.8 cm³/mol. The van der Waals surface area contributed by atoms with Crippen LogP contribution in [0.1, 0.15) is 5.56 Å². The van der Waals surface area contributed by atoms with Crippen molar-refractivity contribution in [3.63, 3.8) is 0 Å². The Bertz CT molecular complexity index is 559. The Morgan fingerprint density at radius 1 is 1.26 bits per heavy atom. The molecule has 0 aliphatic carbocycles. The summed E-state index contributed by atoms with van der Waals surface area (Å²) in [4.78, 5) is 10.3. The average Bonchev–Trinajstić information content (AvgIpc) is 2.41. The van der Waals surface area contributed by atoms with Gasteiger partial charge in [0.2, 0.25) is 0 Å². The molecule has 1 aromatic carbocycles. The van der Waals surface area contributed by atoms with Crippen LogP contribution in [0.4, 0.5) is 16.0 Å². The van der Waals surface area contributed by atoms with Crippen molar-refractivity contribution in [2.45, 2.75) is 6.54 Å². The first-order valence-electron chi connectivity index (χ1n) is 5.75. The molecule has 2 rings (SSSR count). The zero-order valence-corrected chi connectivity index (χ0v) is 12.3. The van der Waals surface area contributed by atoms with E-state index in [2.05, 4.69) is 31.2 Å². The molecule has 6 heteroatoms. The summed E-state index contributed by atoms with van der Waals surface area (Å²) in [5, 5.41) is 2.99. The zero-order valence-electron chi connectivity index (χ0n) is 10.7. The van der Waals surface area contributed by atoms with E-state index in [4.69, 9.17) is 0 Å². The highest BCUT2D eigenvalue weighted by Gasteiger charge is 2.12. The van der Waals surface area contributed by atoms with Gasteiger partial charge in [0.05, 0.1) is 0 Å². The molecule has 0 amide bonds. The smallest absolute Gasteiger partial charge is 0.148 e. The van der Waals surface area contributed by atoms with Gasteiger partial charge in [-0.25, -0.2) is 14.4 Å². The fourth-order valence-corrected chi connectivity index (χ4v) is 2.45. The van der Waals surface area contributed by atoms with E-state index < -0.39 is 0 Å². The van der Waals surface area contributed by atoms with E-state index in [9.17, 15) is 4.39 Å². The number of hydrogen-bond acceptors (Lipinski definition) is 4. The van der Waals surface area contributed by atoms with Crippen molar-refractivity contribution in [2.24, 2.45) is 0 Å². The molecule has 0 unspecified atom stereocenters. The Morgan fingerprint density at radius 3 is 2.58 bits per heavy atom. The minimum atomic E-state index is -0.230. The van der Waals surface area contributed by atoms with Crippen molar-refractivity contribution in [1.82, 2.24) is 9.97 Å². The number of aromatic nitrogens is 2. The summed E-state index contributed by atoms with van der Waals surface area (Å²) in [6.07, 6.45) is 1.51. The fraction of sp³-hybridized carbons (Fsp3) is 0.231. The average molecular weight is 325 g/mol. The van der Waals surface area contributed by atoms with Crippen LogP contribution < -0.4 is 10.2 Å². The molecular formula is C13H14BrFN4. The van der Waals surface area contributed by atoms with Crippen LogP contribution in [0.5, 0.6) is 0 Å². The summed E-state index contributed by atoms with van der Waals surface area (Å²) in [5.41, 5.74) is 1.01. The van der Waals surface area contributed by atoms with Gasteiger partial charge < -0.3 is 10.2 Å². The van der Waals surface area contributed by atoms with Crippen LogP contribution in [0.15, 0.2) is 35.1 Å². The largest absolute Gasteiger partial charge is 0.372 e. The van der Waals surface area contributed by atoms with Crippen LogP contribution in [-0.4, -0.2) is 24.1 Å². The molecule has 0 saturated heterocycles. The van der Waals surface area contributed by atoms with Gasteiger partial charge in [-0.05, 0) is 33.6 Å². The minimum absolute atomic E-state index is 0.230. The van der Waals surface area contributed by atoms with Gasteiger partial charge >= 0.3 is 0 Å². The third-order valence-electron chi connectivity index (χ3n) is 2.70. The highest BCUT2D eigenvalue weighted by Crippen LogP contribution is 2.29. The first kappa shape index (κ1) is 13.7. The van der Waals surface area contributed by atoms with E-state index >= 15 is 0 Å². The normalized spacial score (nSPS) is 10.3. The first-order chi connectivity index (χ1) is 9.11. The van der Waals surface area contributed by atoms with E-state index in [1.54, 1.807) is 19.2 Å². The second-order valence-electron chi connectivity index (χ2n) is 4.09. The molecule has 19 heavy (non-hydrogen) atoms. The molecule has 0 bridgehead atoms. The van der Waals surface area contributed by atoms with Gasteiger partial charge in [0.15, 0.2) is 0 Å². The first-order valence-corrected chi connectivity index (χ1v) is 6.55. The molecule has 2 aromatic rings. The number of benzene rings is 1. The maximum Gasteiger partial charge on any atom is 0.148 e. The van der Waals surface area contributed by atoms with Crippen molar-refractivity contribution < 1.29 is 4.39 Å². The van der Waals surface area contributed by atoms with Crippen molar-refractivity contribution >= 4 is 27.6 Å². The lowest BCUT2D eigenvalue weighted by Gasteiger charge is -2.20. The molecule has 0 aliphatic heterocycles. The summed E-state index contributed by atoms with van der Waals surface area (Å²) >= 11 is 3.48. The number of nitrogens with one attached hydrogen (secondary N) is 1. The predicted octanol–water partition coefficient (Wildman–Crippen LogP) is 3.06. The molecule has 0 saturated carbocycles. The highest BCUT2D eigenvalue weighted by molar-refractivity contribution is 9.10. The third kappa shape index (κ3) is 3.20. The molecule has 0 atom stereocenters. The molecule has 1 N–H and O–H groups in total. The van der Waals surface area contributed by atoms with Crippen LogP contribution in [0.3, 0.4) is 0 Å². The van der Waals surface area contributed by atoms with E-state index in [1.807, 2.05) is 11.9 Å². The minimum Gasteiger partial charge on any atom is -0.372 e. The van der Waals surface area contributed by atoms with Gasteiger partial charge in [-0.1, -0.05) is 12.1 Å². The Hall–Kier alpha value is -1.69. The Labute approximate surface area is 119 Å². The number of halogens is 2. The van der Waals surface area contributed by atoms with Crippen LogP contribution in [0.2, 0.25) is 0 Å². The zero-order chi connectivity index (χ0) is 13.8. The standard InChI is InChI=1S/C13H14BrFN4/c1-16-12-11(14)13(18-8-17-12)19(2)7-9-3-5-10(15)6-4-9/h3-6,8H,7H2,1-2H3,(H,16,17,18). The summed E-state index contributed by atoms with van der Waals surface area (Å²) < 4.78 is 13.7. The molecule has 0 radical (unpaired) electrons. The molecule has 1 aromatic heterocycles. The maximum absolute atomic E-state index is 12.9. The van der Waals surface area contributed by atoms with Gasteiger partial charge in [-0.2, -0.15) is 0 Å². The lowest BCUT2D eigenvalue weighted by molar-refractivity contribution is 0.627. The monoisotopic (exact) mass is 324 g/mol. The molecule has 0 fully saturated rings. The van der Waals surface area contributed by atoms with E-state index in [0.717, 1.165) is 21.7 Å². The summed E-state index contributed by atoms with van der Waals surface area (Å²) in [5.74, 6) is 1.28. The Balaban J connectivity index is 2.20. The lowest BCUT2D eigenvalue weighted by Crippen LogP contribution is -2.18. The van der Waals surface area contributed by atoms with E-state index in [-0.39, 0.29) is 5.82 Å². The molecule has 1 heterocycles. The van der Waals surface area contributed by atoms with Crippen molar-refractivity contribution in [3.05, 3.63) is 46.4 Å². The van der Waals surface area contributed by atoms with Crippen molar-refractivity contribution in [1.29, 1.82) is 0 Å². The number of rotatable bonds is 4. The van der Waals surface area contributed by atoms with Crippen LogP contribution in [0.25, 0.3) is 0 Å². The van der Waals surface area contributed by atoms with Crippen molar-refractivity contribution in [2.75, 3.05) is 24.3 Å². The highest BCUT2D eigenvalue weighted by atomic mass is 79.9. The maximum atomic E-state index is 12.9. The molecule has 100 valence electrons. The van der Waals surface area contributed by atoms with Gasteiger partial charge in [0, 0.05) is 20.6 Å². The molecule has 0 spiro atoms. The third-order valence-corrected chi connectivity index (χ3v) is 3.43. The number of nitrogens with zero attached hydrogens (tertiary/aromatic N) is 3.